The highest BCUT2D eigenvalue weighted by atomic mass is 16.5. The van der Waals surface area contributed by atoms with Crippen molar-refractivity contribution in [3.8, 4) is 0 Å². The Bertz CT molecular complexity index is 174. The molecule has 0 saturated heterocycles. The topological polar surface area (TPSA) is 35.5 Å². The first-order valence-electron chi connectivity index (χ1n) is 5.91. The number of hydrogen-bond donors (Lipinski definition) is 0. The Morgan fingerprint density at radius 2 is 1.94 bits per heavy atom. The van der Waals surface area contributed by atoms with Gasteiger partial charge in [-0.05, 0) is 18.8 Å². The van der Waals surface area contributed by atoms with Crippen LogP contribution in [0.15, 0.2) is 0 Å². The summed E-state index contributed by atoms with van der Waals surface area (Å²) in [5.74, 6) is 0.859. The molecule has 0 radical (unpaired) electrons. The Labute approximate surface area is 99.5 Å². The van der Waals surface area contributed by atoms with E-state index in [1.54, 1.807) is 7.11 Å². The average Bonchev–Trinajstić information content (AvgIpc) is 2.26. The van der Waals surface area contributed by atoms with E-state index < -0.39 is 0 Å². The second kappa shape index (κ2) is 9.79. The van der Waals surface area contributed by atoms with Crippen molar-refractivity contribution in [1.29, 1.82) is 0 Å². The fourth-order valence-electron chi connectivity index (χ4n) is 2.02. The van der Waals surface area contributed by atoms with Crippen LogP contribution < -0.4 is 0 Å². The maximum atomic E-state index is 11.1. The third-order valence-corrected chi connectivity index (χ3v) is 2.91. The molecule has 0 amide bonds. The highest BCUT2D eigenvalue weighted by Gasteiger charge is 2.13. The number of rotatable bonds is 7. The zero-order valence-corrected chi connectivity index (χ0v) is 9.67. The van der Waals surface area contributed by atoms with Crippen LogP contribution in [0.5, 0.6) is 0 Å². The number of Topliss-reactive ketones (excluding diaryl/α,β-unsaturated/α-hetero) is 1. The number of methoxy groups -OCH3 is 1. The van der Waals surface area contributed by atoms with E-state index in [1.165, 1.54) is 32.1 Å². The minimum Gasteiger partial charge on any atom is -0.381 e. The first-order chi connectivity index (χ1) is 7.33. The van der Waals surface area contributed by atoms with Crippen molar-refractivity contribution in [3.05, 3.63) is 0 Å². The lowest BCUT2D eigenvalue weighted by Gasteiger charge is -2.21. The maximum absolute atomic E-state index is 11.1. The number of carbonyl (C=O) groups is 1. The molecular formula is C13H26O3. The van der Waals surface area contributed by atoms with E-state index in [1.807, 2.05) is 0 Å². The molecule has 0 aromatic rings. The summed E-state index contributed by atoms with van der Waals surface area (Å²) in [6.07, 6.45) is 7.15. The van der Waals surface area contributed by atoms with Crippen LogP contribution in [0.1, 0.15) is 46.0 Å². The molecular weight excluding hydrogens is 204 g/mol. The zero-order chi connectivity index (χ0) is 10.9. The predicted molar refractivity (Wildman–Crippen MR) is 65.6 cm³/mol. The predicted octanol–water partition coefficient (Wildman–Crippen LogP) is 2.83. The van der Waals surface area contributed by atoms with Crippen LogP contribution in [0.3, 0.4) is 0 Å². The second-order valence-corrected chi connectivity index (χ2v) is 4.30. The lowest BCUT2D eigenvalue weighted by atomic mass is 9.90. The molecule has 96 valence electrons. The molecule has 1 saturated carbocycles. The first kappa shape index (κ1) is 15.6. The molecule has 3 heteroatoms. The van der Waals surface area contributed by atoms with Gasteiger partial charge in [-0.25, -0.2) is 0 Å². The molecule has 0 aromatic heterocycles. The molecule has 1 fully saturated rings. The highest BCUT2D eigenvalue weighted by molar-refractivity contribution is 5.79. The minimum atomic E-state index is 0. The van der Waals surface area contributed by atoms with Crippen molar-refractivity contribution in [2.24, 2.45) is 5.92 Å². The first-order valence-corrected chi connectivity index (χ1v) is 5.91. The van der Waals surface area contributed by atoms with Gasteiger partial charge in [0.15, 0.2) is 5.78 Å². The summed E-state index contributed by atoms with van der Waals surface area (Å²) in [4.78, 5) is 11.1. The SMILES string of the molecule is C.COCC(=O)CCOCC1CCCCC1. The van der Waals surface area contributed by atoms with Crippen molar-refractivity contribution < 1.29 is 14.3 Å². The van der Waals surface area contributed by atoms with Gasteiger partial charge in [-0.1, -0.05) is 26.7 Å². The van der Waals surface area contributed by atoms with Gasteiger partial charge in [0, 0.05) is 20.1 Å². The quantitative estimate of drug-likeness (QED) is 0.631. The van der Waals surface area contributed by atoms with Crippen molar-refractivity contribution in [2.75, 3.05) is 26.9 Å². The highest BCUT2D eigenvalue weighted by Crippen LogP contribution is 2.23. The normalized spacial score (nSPS) is 16.8. The minimum absolute atomic E-state index is 0. The summed E-state index contributed by atoms with van der Waals surface area (Å²) >= 11 is 0. The molecule has 0 unspecified atom stereocenters. The van der Waals surface area contributed by atoms with E-state index in [0.717, 1.165) is 12.5 Å². The van der Waals surface area contributed by atoms with E-state index in [0.29, 0.717) is 13.0 Å². The van der Waals surface area contributed by atoms with Gasteiger partial charge in [-0.15, -0.1) is 0 Å². The summed E-state index contributed by atoms with van der Waals surface area (Å²) < 4.78 is 10.3. The van der Waals surface area contributed by atoms with Gasteiger partial charge in [-0.2, -0.15) is 0 Å². The van der Waals surface area contributed by atoms with Gasteiger partial charge in [0.05, 0.1) is 6.61 Å². The van der Waals surface area contributed by atoms with Crippen molar-refractivity contribution in [3.63, 3.8) is 0 Å². The molecule has 0 heterocycles. The number of ether oxygens (including phenoxy) is 2. The van der Waals surface area contributed by atoms with Gasteiger partial charge in [0.2, 0.25) is 0 Å². The van der Waals surface area contributed by atoms with Crippen LogP contribution in [0.4, 0.5) is 0 Å². The van der Waals surface area contributed by atoms with Crippen molar-refractivity contribution >= 4 is 5.78 Å². The van der Waals surface area contributed by atoms with E-state index in [-0.39, 0.29) is 19.8 Å². The number of carbonyl (C=O) groups excluding carboxylic acids is 1. The van der Waals surface area contributed by atoms with Gasteiger partial charge < -0.3 is 9.47 Å². The summed E-state index contributed by atoms with van der Waals surface area (Å²) in [5, 5.41) is 0. The second-order valence-electron chi connectivity index (χ2n) is 4.30. The molecule has 0 N–H and O–H groups in total. The molecule has 1 aliphatic carbocycles. The van der Waals surface area contributed by atoms with Gasteiger partial charge in [-0.3, -0.25) is 4.79 Å². The number of hydrogen-bond acceptors (Lipinski definition) is 3. The lowest BCUT2D eigenvalue weighted by molar-refractivity contribution is -0.123. The van der Waals surface area contributed by atoms with Crippen LogP contribution in [-0.4, -0.2) is 32.7 Å². The van der Waals surface area contributed by atoms with E-state index in [4.69, 9.17) is 9.47 Å². The molecule has 1 rings (SSSR count). The Morgan fingerprint density at radius 1 is 1.25 bits per heavy atom. The van der Waals surface area contributed by atoms with Crippen LogP contribution in [0.25, 0.3) is 0 Å². The van der Waals surface area contributed by atoms with Crippen LogP contribution in [0.2, 0.25) is 0 Å². The molecule has 3 nitrogen and oxygen atoms in total. The summed E-state index contributed by atoms with van der Waals surface area (Å²) in [6, 6.07) is 0. The Hall–Kier alpha value is -0.410. The van der Waals surface area contributed by atoms with Gasteiger partial charge in [0.25, 0.3) is 0 Å². The monoisotopic (exact) mass is 230 g/mol. The molecule has 1 aliphatic rings. The Morgan fingerprint density at radius 3 is 2.56 bits per heavy atom. The fraction of sp³-hybridized carbons (Fsp3) is 0.923. The van der Waals surface area contributed by atoms with E-state index in [2.05, 4.69) is 0 Å². The molecule has 0 spiro atoms. The average molecular weight is 230 g/mol. The summed E-state index contributed by atoms with van der Waals surface area (Å²) in [6.45, 7) is 1.60. The van der Waals surface area contributed by atoms with Crippen LogP contribution >= 0.6 is 0 Å². The van der Waals surface area contributed by atoms with Gasteiger partial charge >= 0.3 is 0 Å². The summed E-state index contributed by atoms with van der Waals surface area (Å²) in [7, 11) is 1.54. The van der Waals surface area contributed by atoms with Crippen molar-refractivity contribution in [1.82, 2.24) is 0 Å². The smallest absolute Gasteiger partial charge is 0.160 e. The molecule has 0 aromatic carbocycles. The number of ketones is 1. The van der Waals surface area contributed by atoms with Crippen molar-refractivity contribution in [2.45, 2.75) is 46.0 Å². The fourth-order valence-corrected chi connectivity index (χ4v) is 2.02. The molecule has 0 aliphatic heterocycles. The van der Waals surface area contributed by atoms with Gasteiger partial charge in [0.1, 0.15) is 6.61 Å². The zero-order valence-electron chi connectivity index (χ0n) is 9.67. The van der Waals surface area contributed by atoms with Crippen LogP contribution in [-0.2, 0) is 14.3 Å². The van der Waals surface area contributed by atoms with E-state index in [9.17, 15) is 4.79 Å². The Balaban J connectivity index is 0.00000225. The molecule has 0 bridgehead atoms. The lowest BCUT2D eigenvalue weighted by Crippen LogP contribution is -2.16. The standard InChI is InChI=1S/C12H22O3.CH4/c1-14-10-12(13)7-8-15-9-11-5-3-2-4-6-11;/h11H,2-10H2,1H3;1H4. The third kappa shape index (κ3) is 6.96. The molecule has 0 atom stereocenters. The maximum Gasteiger partial charge on any atom is 0.160 e. The Kier molecular flexibility index (Phi) is 9.54. The third-order valence-electron chi connectivity index (χ3n) is 2.91. The van der Waals surface area contributed by atoms with E-state index >= 15 is 0 Å². The summed E-state index contributed by atoms with van der Waals surface area (Å²) in [5.41, 5.74) is 0. The molecule has 16 heavy (non-hydrogen) atoms. The largest absolute Gasteiger partial charge is 0.381 e. The van der Waals surface area contributed by atoms with Crippen LogP contribution in [0, 0.1) is 5.92 Å².